The Morgan fingerprint density at radius 1 is 1.38 bits per heavy atom. The van der Waals surface area contributed by atoms with E-state index < -0.39 is 11.8 Å². The molecule has 0 bridgehead atoms. The van der Waals surface area contributed by atoms with E-state index in [2.05, 4.69) is 5.32 Å². The molecule has 0 radical (unpaired) electrons. The minimum Gasteiger partial charge on any atom is -0.478 e. The van der Waals surface area contributed by atoms with E-state index in [0.29, 0.717) is 31.1 Å². The molecular weight excluding hydrogens is 275 g/mol. The topological polar surface area (TPSA) is 69.6 Å². The number of aromatic carboxylic acids is 1. The van der Waals surface area contributed by atoms with E-state index in [4.69, 9.17) is 5.11 Å². The van der Waals surface area contributed by atoms with Crippen LogP contribution < -0.4 is 10.2 Å². The van der Waals surface area contributed by atoms with Crippen molar-refractivity contribution in [2.45, 2.75) is 25.3 Å². The third-order valence-corrected chi connectivity index (χ3v) is 4.36. The van der Waals surface area contributed by atoms with Gasteiger partial charge in [0.05, 0.1) is 11.3 Å². The summed E-state index contributed by atoms with van der Waals surface area (Å²) in [7, 11) is 0. The number of nitrogens with zero attached hydrogens (tertiary/aromatic N) is 1. The third kappa shape index (κ3) is 2.70. The summed E-state index contributed by atoms with van der Waals surface area (Å²) >= 11 is 0. The first-order valence-electron chi connectivity index (χ1n) is 7.12. The number of carbonyl (C=O) groups is 2. The van der Waals surface area contributed by atoms with Gasteiger partial charge in [-0.3, -0.25) is 4.79 Å². The van der Waals surface area contributed by atoms with Gasteiger partial charge in [0.1, 0.15) is 5.82 Å². The monoisotopic (exact) mass is 292 g/mol. The molecule has 2 N–H and O–H groups in total. The number of piperidine rings is 2. The fourth-order valence-corrected chi connectivity index (χ4v) is 3.23. The first kappa shape index (κ1) is 13.9. The Balaban J connectivity index is 1.76. The van der Waals surface area contributed by atoms with Gasteiger partial charge >= 0.3 is 5.97 Å². The standard InChI is InChI=1S/C15H17FN2O3/c16-11-7-9(15(20)21)1-3-13(11)18-6-5-12-10(8-18)2-4-14(19)17-12/h1,3,7,10,12H,2,4-6,8H2,(H,17,19)(H,20,21). The van der Waals surface area contributed by atoms with Crippen LogP contribution in [0.2, 0.25) is 0 Å². The summed E-state index contributed by atoms with van der Waals surface area (Å²) in [5.74, 6) is -1.21. The molecule has 2 unspecified atom stereocenters. The van der Waals surface area contributed by atoms with Crippen molar-refractivity contribution in [2.24, 2.45) is 5.92 Å². The lowest BCUT2D eigenvalue weighted by Crippen LogP contribution is -2.54. The van der Waals surface area contributed by atoms with E-state index >= 15 is 0 Å². The molecule has 0 aliphatic carbocycles. The van der Waals surface area contributed by atoms with Crippen molar-refractivity contribution in [1.82, 2.24) is 5.32 Å². The van der Waals surface area contributed by atoms with E-state index in [0.717, 1.165) is 18.9 Å². The molecule has 2 fully saturated rings. The van der Waals surface area contributed by atoms with Gasteiger partial charge < -0.3 is 15.3 Å². The number of nitrogens with one attached hydrogen (secondary N) is 1. The lowest BCUT2D eigenvalue weighted by Gasteiger charge is -2.42. The van der Waals surface area contributed by atoms with E-state index in [1.807, 2.05) is 4.90 Å². The lowest BCUT2D eigenvalue weighted by atomic mass is 9.85. The number of amides is 1. The number of anilines is 1. The van der Waals surface area contributed by atoms with Crippen molar-refractivity contribution in [3.63, 3.8) is 0 Å². The average molecular weight is 292 g/mol. The molecule has 1 amide bonds. The summed E-state index contributed by atoms with van der Waals surface area (Å²) in [5, 5.41) is 11.9. The van der Waals surface area contributed by atoms with Crippen molar-refractivity contribution in [1.29, 1.82) is 0 Å². The maximum Gasteiger partial charge on any atom is 0.335 e. The summed E-state index contributed by atoms with van der Waals surface area (Å²) in [6, 6.07) is 4.20. The van der Waals surface area contributed by atoms with Crippen molar-refractivity contribution >= 4 is 17.6 Å². The normalized spacial score (nSPS) is 25.2. The van der Waals surface area contributed by atoms with Gasteiger partial charge in [0.2, 0.25) is 5.91 Å². The van der Waals surface area contributed by atoms with Crippen LogP contribution in [0.1, 0.15) is 29.6 Å². The Kier molecular flexibility index (Phi) is 3.53. The molecule has 3 rings (SSSR count). The Morgan fingerprint density at radius 2 is 2.19 bits per heavy atom. The van der Waals surface area contributed by atoms with Gasteiger partial charge in [-0.1, -0.05) is 0 Å². The summed E-state index contributed by atoms with van der Waals surface area (Å²) in [4.78, 5) is 24.2. The number of rotatable bonds is 2. The molecule has 2 heterocycles. The van der Waals surface area contributed by atoms with Crippen LogP contribution in [0.4, 0.5) is 10.1 Å². The predicted molar refractivity (Wildman–Crippen MR) is 74.8 cm³/mol. The second-order valence-corrected chi connectivity index (χ2v) is 5.68. The summed E-state index contributed by atoms with van der Waals surface area (Å²) in [6.07, 6.45) is 2.13. The van der Waals surface area contributed by atoms with Gasteiger partial charge in [-0.05, 0) is 37.0 Å². The number of benzene rings is 1. The fraction of sp³-hybridized carbons (Fsp3) is 0.467. The zero-order valence-corrected chi connectivity index (χ0v) is 11.5. The molecule has 2 saturated heterocycles. The molecule has 5 nitrogen and oxygen atoms in total. The minimum absolute atomic E-state index is 0.0453. The highest BCUT2D eigenvalue weighted by Crippen LogP contribution is 2.30. The fourth-order valence-electron chi connectivity index (χ4n) is 3.23. The zero-order valence-electron chi connectivity index (χ0n) is 11.5. The predicted octanol–water partition coefficient (Wildman–Crippen LogP) is 1.63. The van der Waals surface area contributed by atoms with Crippen molar-refractivity contribution < 1.29 is 19.1 Å². The van der Waals surface area contributed by atoms with Crippen LogP contribution in [-0.2, 0) is 4.79 Å². The van der Waals surface area contributed by atoms with Crippen LogP contribution in [0.3, 0.4) is 0 Å². The van der Waals surface area contributed by atoms with Crippen molar-refractivity contribution in [3.05, 3.63) is 29.6 Å². The van der Waals surface area contributed by atoms with Gasteiger partial charge in [-0.15, -0.1) is 0 Å². The number of fused-ring (bicyclic) bond motifs is 1. The van der Waals surface area contributed by atoms with Crippen LogP contribution in [0.5, 0.6) is 0 Å². The van der Waals surface area contributed by atoms with Crippen LogP contribution >= 0.6 is 0 Å². The Labute approximate surface area is 121 Å². The van der Waals surface area contributed by atoms with Crippen LogP contribution in [-0.4, -0.2) is 36.1 Å². The number of hydrogen-bond acceptors (Lipinski definition) is 3. The molecule has 112 valence electrons. The Bertz CT molecular complexity index is 590. The highest BCUT2D eigenvalue weighted by atomic mass is 19.1. The van der Waals surface area contributed by atoms with Crippen LogP contribution in [0.15, 0.2) is 18.2 Å². The van der Waals surface area contributed by atoms with Gasteiger partial charge in [0, 0.05) is 25.6 Å². The van der Waals surface area contributed by atoms with E-state index in [9.17, 15) is 14.0 Å². The largest absolute Gasteiger partial charge is 0.478 e. The minimum atomic E-state index is -1.13. The second-order valence-electron chi connectivity index (χ2n) is 5.68. The Hall–Kier alpha value is -2.11. The number of carbonyl (C=O) groups excluding carboxylic acids is 1. The number of hydrogen-bond donors (Lipinski definition) is 2. The van der Waals surface area contributed by atoms with Gasteiger partial charge in [-0.2, -0.15) is 0 Å². The Morgan fingerprint density at radius 3 is 2.90 bits per heavy atom. The van der Waals surface area contributed by atoms with Gasteiger partial charge in [0.15, 0.2) is 0 Å². The first-order chi connectivity index (χ1) is 10.0. The lowest BCUT2D eigenvalue weighted by molar-refractivity contribution is -0.124. The molecule has 0 spiro atoms. The summed E-state index contributed by atoms with van der Waals surface area (Å²) < 4.78 is 14.1. The quantitative estimate of drug-likeness (QED) is 0.869. The highest BCUT2D eigenvalue weighted by molar-refractivity contribution is 5.88. The van der Waals surface area contributed by atoms with E-state index in [1.165, 1.54) is 12.1 Å². The number of carboxylic acid groups (broad SMARTS) is 1. The van der Waals surface area contributed by atoms with E-state index in [-0.39, 0.29) is 17.5 Å². The first-order valence-corrected chi connectivity index (χ1v) is 7.12. The zero-order chi connectivity index (χ0) is 15.0. The molecule has 2 aliphatic heterocycles. The molecule has 2 atom stereocenters. The van der Waals surface area contributed by atoms with Crippen LogP contribution in [0, 0.1) is 11.7 Å². The van der Waals surface area contributed by atoms with Crippen LogP contribution in [0.25, 0.3) is 0 Å². The van der Waals surface area contributed by atoms with Crippen molar-refractivity contribution in [3.8, 4) is 0 Å². The molecule has 0 aromatic heterocycles. The molecule has 2 aliphatic rings. The van der Waals surface area contributed by atoms with Crippen molar-refractivity contribution in [2.75, 3.05) is 18.0 Å². The molecule has 21 heavy (non-hydrogen) atoms. The maximum absolute atomic E-state index is 14.1. The molecule has 6 heteroatoms. The van der Waals surface area contributed by atoms with Gasteiger partial charge in [0.25, 0.3) is 0 Å². The summed E-state index contributed by atoms with van der Waals surface area (Å²) in [5.41, 5.74) is 0.395. The third-order valence-electron chi connectivity index (χ3n) is 4.36. The number of halogens is 1. The number of carboxylic acids is 1. The SMILES string of the molecule is O=C1CCC2CN(c3ccc(C(=O)O)cc3F)CCC2N1. The summed E-state index contributed by atoms with van der Waals surface area (Å²) in [6.45, 7) is 1.35. The van der Waals surface area contributed by atoms with E-state index in [1.54, 1.807) is 0 Å². The maximum atomic E-state index is 14.1. The highest BCUT2D eigenvalue weighted by Gasteiger charge is 2.34. The molecule has 1 aromatic carbocycles. The molecule has 0 saturated carbocycles. The smallest absolute Gasteiger partial charge is 0.335 e. The molecule has 1 aromatic rings. The second kappa shape index (κ2) is 5.35. The van der Waals surface area contributed by atoms with Gasteiger partial charge in [-0.25, -0.2) is 9.18 Å². The molecular formula is C15H17FN2O3. The average Bonchev–Trinajstić information content (AvgIpc) is 2.46.